The Kier molecular flexibility index (Phi) is 6.25. The van der Waals surface area contributed by atoms with Gasteiger partial charge in [0.1, 0.15) is 0 Å². The predicted octanol–water partition coefficient (Wildman–Crippen LogP) is 1.60. The minimum Gasteiger partial charge on any atom is -0.298 e. The molecule has 0 bridgehead atoms. The molecule has 0 aliphatic carbocycles. The molecule has 0 saturated carbocycles. The van der Waals surface area contributed by atoms with Gasteiger partial charge in [0.15, 0.2) is 0 Å². The van der Waals surface area contributed by atoms with Gasteiger partial charge >= 0.3 is 0 Å². The summed E-state index contributed by atoms with van der Waals surface area (Å²) in [5, 5.41) is 0. The van der Waals surface area contributed by atoms with E-state index in [0.717, 1.165) is 13.0 Å². The molecule has 0 aliphatic rings. The second kappa shape index (κ2) is 6.77. The fourth-order valence-corrected chi connectivity index (χ4v) is 0.541. The molecular weight excluding hydrogens is 146 g/mol. The lowest BCUT2D eigenvalue weighted by Crippen LogP contribution is -2.10. The van der Waals surface area contributed by atoms with Gasteiger partial charge in [-0.1, -0.05) is 25.7 Å². The Labute approximate surface area is 76.1 Å². The topological polar surface area (TPSA) is 3.24 Å². The fourth-order valence-electron chi connectivity index (χ4n) is 0.541. The van der Waals surface area contributed by atoms with Gasteiger partial charge in [-0.25, -0.2) is 0 Å². The molecule has 0 aromatic heterocycles. The maximum absolute atomic E-state index is 3.02. The first-order valence-corrected chi connectivity index (χ1v) is 4.23. The summed E-state index contributed by atoms with van der Waals surface area (Å²) in [6.07, 6.45) is 0.941. The Morgan fingerprint density at radius 2 is 1.67 bits per heavy atom. The van der Waals surface area contributed by atoms with Crippen LogP contribution in [0.2, 0.25) is 0 Å². The molecule has 1 heteroatoms. The molecule has 0 unspecified atom stereocenters. The Bertz CT molecular complexity index is 191. The number of nitrogens with zero attached hydrogens (tertiary/aromatic N) is 1. The van der Waals surface area contributed by atoms with Gasteiger partial charge in [0.2, 0.25) is 0 Å². The molecule has 0 amide bonds. The summed E-state index contributed by atoms with van der Waals surface area (Å²) in [5.74, 6) is 12.3. The Balaban J connectivity index is 3.59. The van der Waals surface area contributed by atoms with Crippen LogP contribution < -0.4 is 0 Å². The zero-order valence-corrected chi connectivity index (χ0v) is 8.44. The van der Waals surface area contributed by atoms with Gasteiger partial charge in [-0.15, -0.1) is 0 Å². The van der Waals surface area contributed by atoms with E-state index < -0.39 is 0 Å². The molecule has 0 saturated heterocycles. The molecule has 0 rings (SSSR count). The number of rotatable bonds is 2. The van der Waals surface area contributed by atoms with Crippen molar-refractivity contribution in [3.05, 3.63) is 0 Å². The SMILES string of the molecule is CC(C)CC#CC#CCN(C)C. The van der Waals surface area contributed by atoms with Crippen molar-refractivity contribution in [1.29, 1.82) is 0 Å². The van der Waals surface area contributed by atoms with Gasteiger partial charge in [0.25, 0.3) is 0 Å². The first-order chi connectivity index (χ1) is 5.63. The molecule has 0 spiro atoms. The van der Waals surface area contributed by atoms with Crippen molar-refractivity contribution < 1.29 is 0 Å². The number of hydrogen-bond acceptors (Lipinski definition) is 1. The Hall–Kier alpha value is -0.920. The van der Waals surface area contributed by atoms with Gasteiger partial charge in [-0.2, -0.15) is 0 Å². The molecule has 12 heavy (non-hydrogen) atoms. The highest BCUT2D eigenvalue weighted by molar-refractivity contribution is 5.26. The summed E-state index contributed by atoms with van der Waals surface area (Å²) in [6.45, 7) is 5.10. The van der Waals surface area contributed by atoms with E-state index in [1.54, 1.807) is 0 Å². The summed E-state index contributed by atoms with van der Waals surface area (Å²) in [7, 11) is 3.99. The van der Waals surface area contributed by atoms with Crippen LogP contribution in [0.15, 0.2) is 0 Å². The van der Waals surface area contributed by atoms with Gasteiger partial charge < -0.3 is 0 Å². The highest BCUT2D eigenvalue weighted by Gasteiger charge is 1.84. The van der Waals surface area contributed by atoms with Crippen LogP contribution in [0.3, 0.4) is 0 Å². The first-order valence-electron chi connectivity index (χ1n) is 4.23. The van der Waals surface area contributed by atoms with Crippen LogP contribution in [-0.4, -0.2) is 25.5 Å². The van der Waals surface area contributed by atoms with Gasteiger partial charge in [-0.3, -0.25) is 4.90 Å². The van der Waals surface area contributed by atoms with Crippen LogP contribution in [0.5, 0.6) is 0 Å². The van der Waals surface area contributed by atoms with Crippen molar-refractivity contribution in [2.75, 3.05) is 20.6 Å². The molecule has 0 atom stereocenters. The summed E-state index contributed by atoms with van der Waals surface area (Å²) in [5.41, 5.74) is 0. The summed E-state index contributed by atoms with van der Waals surface area (Å²) in [4.78, 5) is 2.02. The molecule has 66 valence electrons. The quantitative estimate of drug-likeness (QED) is 0.559. The molecule has 1 nitrogen and oxygen atoms in total. The van der Waals surface area contributed by atoms with Crippen LogP contribution in [0.1, 0.15) is 20.3 Å². The molecular formula is C11H17N. The van der Waals surface area contributed by atoms with E-state index in [-0.39, 0.29) is 0 Å². The monoisotopic (exact) mass is 163 g/mol. The van der Waals surface area contributed by atoms with Crippen molar-refractivity contribution in [2.45, 2.75) is 20.3 Å². The van der Waals surface area contributed by atoms with E-state index in [1.807, 2.05) is 19.0 Å². The van der Waals surface area contributed by atoms with Crippen molar-refractivity contribution in [2.24, 2.45) is 5.92 Å². The Morgan fingerprint density at radius 1 is 1.08 bits per heavy atom. The fraction of sp³-hybridized carbons (Fsp3) is 0.636. The third kappa shape index (κ3) is 9.08. The lowest BCUT2D eigenvalue weighted by molar-refractivity contribution is 0.464. The van der Waals surface area contributed by atoms with E-state index in [1.165, 1.54) is 0 Å². The lowest BCUT2D eigenvalue weighted by Gasteiger charge is -1.99. The standard InChI is InChI=1S/C11H17N/c1-11(2)9-7-5-6-8-10-12(3)4/h11H,9-10H2,1-4H3. The third-order valence-electron chi connectivity index (χ3n) is 1.14. The van der Waals surface area contributed by atoms with E-state index in [2.05, 4.69) is 37.5 Å². The Morgan fingerprint density at radius 3 is 2.17 bits per heavy atom. The predicted molar refractivity (Wildman–Crippen MR) is 53.6 cm³/mol. The van der Waals surface area contributed by atoms with Crippen molar-refractivity contribution in [3.8, 4) is 23.7 Å². The van der Waals surface area contributed by atoms with Gasteiger partial charge in [-0.05, 0) is 31.9 Å². The molecule has 0 aromatic carbocycles. The largest absolute Gasteiger partial charge is 0.298 e. The summed E-state index contributed by atoms with van der Waals surface area (Å²) < 4.78 is 0. The molecule has 0 fully saturated rings. The van der Waals surface area contributed by atoms with Crippen LogP contribution in [0.25, 0.3) is 0 Å². The van der Waals surface area contributed by atoms with Crippen molar-refractivity contribution in [1.82, 2.24) is 4.90 Å². The number of hydrogen-bond donors (Lipinski definition) is 0. The smallest absolute Gasteiger partial charge is 0.0606 e. The van der Waals surface area contributed by atoms with E-state index in [4.69, 9.17) is 0 Å². The summed E-state index contributed by atoms with van der Waals surface area (Å²) >= 11 is 0. The van der Waals surface area contributed by atoms with Crippen LogP contribution in [-0.2, 0) is 0 Å². The molecule has 0 radical (unpaired) electrons. The van der Waals surface area contributed by atoms with Crippen molar-refractivity contribution >= 4 is 0 Å². The third-order valence-corrected chi connectivity index (χ3v) is 1.14. The normalized spacial score (nSPS) is 8.83. The maximum atomic E-state index is 3.02. The lowest BCUT2D eigenvalue weighted by atomic mass is 10.1. The second-order valence-corrected chi connectivity index (χ2v) is 3.44. The highest BCUT2D eigenvalue weighted by Crippen LogP contribution is 1.94. The average molecular weight is 163 g/mol. The van der Waals surface area contributed by atoms with Crippen LogP contribution >= 0.6 is 0 Å². The van der Waals surface area contributed by atoms with Crippen molar-refractivity contribution in [3.63, 3.8) is 0 Å². The van der Waals surface area contributed by atoms with Gasteiger partial charge in [0.05, 0.1) is 6.54 Å². The molecule has 0 N–H and O–H groups in total. The van der Waals surface area contributed by atoms with Gasteiger partial charge in [0, 0.05) is 6.42 Å². The zero-order chi connectivity index (χ0) is 9.40. The first kappa shape index (κ1) is 11.1. The molecule has 0 heterocycles. The van der Waals surface area contributed by atoms with Crippen LogP contribution in [0, 0.1) is 29.6 Å². The molecule has 0 aliphatic heterocycles. The summed E-state index contributed by atoms with van der Waals surface area (Å²) in [6, 6.07) is 0. The maximum Gasteiger partial charge on any atom is 0.0606 e. The average Bonchev–Trinajstić information content (AvgIpc) is 1.95. The van der Waals surface area contributed by atoms with E-state index in [9.17, 15) is 0 Å². The van der Waals surface area contributed by atoms with Crippen LogP contribution in [0.4, 0.5) is 0 Å². The molecule has 0 aromatic rings. The highest BCUT2D eigenvalue weighted by atomic mass is 15.0. The second-order valence-electron chi connectivity index (χ2n) is 3.44. The minimum absolute atomic E-state index is 0.646. The van der Waals surface area contributed by atoms with E-state index >= 15 is 0 Å². The minimum atomic E-state index is 0.646. The zero-order valence-electron chi connectivity index (χ0n) is 8.44. The van der Waals surface area contributed by atoms with E-state index in [0.29, 0.717) is 5.92 Å².